The average Bonchev–Trinajstić information content (AvgIpc) is 2.90. The quantitative estimate of drug-likeness (QED) is 0.871. The summed E-state index contributed by atoms with van der Waals surface area (Å²) in [4.78, 5) is 8.17. The van der Waals surface area contributed by atoms with E-state index < -0.39 is 0 Å². The third-order valence-electron chi connectivity index (χ3n) is 3.65. The Balaban J connectivity index is 1.89. The van der Waals surface area contributed by atoms with Crippen LogP contribution >= 0.6 is 11.3 Å². The van der Waals surface area contributed by atoms with Gasteiger partial charge < -0.3 is 15.0 Å². The topological polar surface area (TPSA) is 37.4 Å². The largest absolute Gasteiger partial charge is 0.381 e. The van der Waals surface area contributed by atoms with Gasteiger partial charge in [-0.3, -0.25) is 0 Å². The minimum atomic E-state index is 0.396. The molecule has 1 N–H and O–H groups in total. The van der Waals surface area contributed by atoms with E-state index in [2.05, 4.69) is 36.1 Å². The molecule has 1 aliphatic heterocycles. The Morgan fingerprint density at radius 2 is 2.26 bits per heavy atom. The van der Waals surface area contributed by atoms with Gasteiger partial charge in [0.15, 0.2) is 5.13 Å². The van der Waals surface area contributed by atoms with Crippen LogP contribution in [-0.2, 0) is 4.74 Å². The summed E-state index contributed by atoms with van der Waals surface area (Å²) in [5.74, 6) is 0.747. The Hall–Kier alpha value is -0.650. The van der Waals surface area contributed by atoms with E-state index in [1.54, 1.807) is 11.3 Å². The minimum Gasteiger partial charge on any atom is -0.381 e. The van der Waals surface area contributed by atoms with Crippen LogP contribution in [0, 0.1) is 5.92 Å². The SMILES string of the molecule is CCNC(C)c1cnc(N(C)CC2CCOCC2)s1. The molecule has 1 unspecified atom stereocenters. The molecule has 0 spiro atoms. The summed E-state index contributed by atoms with van der Waals surface area (Å²) in [5, 5.41) is 4.56. The molecule has 4 nitrogen and oxygen atoms in total. The standard InChI is InChI=1S/C14H25N3OS/c1-4-15-11(2)13-9-16-14(19-13)17(3)10-12-5-7-18-8-6-12/h9,11-12,15H,4-8,10H2,1-3H3. The summed E-state index contributed by atoms with van der Waals surface area (Å²) < 4.78 is 5.41. The summed E-state index contributed by atoms with van der Waals surface area (Å²) in [5.41, 5.74) is 0. The van der Waals surface area contributed by atoms with E-state index >= 15 is 0 Å². The van der Waals surface area contributed by atoms with E-state index in [0.29, 0.717) is 6.04 Å². The number of aromatic nitrogens is 1. The number of nitrogens with one attached hydrogen (secondary N) is 1. The highest BCUT2D eigenvalue weighted by Gasteiger charge is 2.18. The average molecular weight is 283 g/mol. The number of hydrogen-bond donors (Lipinski definition) is 1. The molecule has 108 valence electrons. The first-order valence-electron chi connectivity index (χ1n) is 7.18. The fourth-order valence-electron chi connectivity index (χ4n) is 2.45. The lowest BCUT2D eigenvalue weighted by atomic mass is 10.0. The van der Waals surface area contributed by atoms with Gasteiger partial charge in [0.2, 0.25) is 0 Å². The fraction of sp³-hybridized carbons (Fsp3) is 0.786. The molecule has 1 atom stereocenters. The molecular formula is C14H25N3OS. The van der Waals surface area contributed by atoms with Gasteiger partial charge >= 0.3 is 0 Å². The highest BCUT2D eigenvalue weighted by molar-refractivity contribution is 7.15. The van der Waals surface area contributed by atoms with Crippen LogP contribution in [0.15, 0.2) is 6.20 Å². The highest BCUT2D eigenvalue weighted by atomic mass is 32.1. The molecule has 1 aliphatic rings. The van der Waals surface area contributed by atoms with Crippen LogP contribution in [0.5, 0.6) is 0 Å². The molecule has 1 fully saturated rings. The molecule has 2 heterocycles. The van der Waals surface area contributed by atoms with E-state index in [9.17, 15) is 0 Å². The van der Waals surface area contributed by atoms with Gasteiger partial charge in [0.1, 0.15) is 0 Å². The molecule has 1 aromatic heterocycles. The second-order valence-electron chi connectivity index (χ2n) is 5.26. The van der Waals surface area contributed by atoms with Crippen LogP contribution in [0.4, 0.5) is 5.13 Å². The van der Waals surface area contributed by atoms with Crippen molar-refractivity contribution >= 4 is 16.5 Å². The number of ether oxygens (including phenoxy) is 1. The van der Waals surface area contributed by atoms with Crippen LogP contribution in [-0.4, -0.2) is 38.3 Å². The third kappa shape index (κ3) is 4.16. The van der Waals surface area contributed by atoms with Crippen molar-refractivity contribution in [3.63, 3.8) is 0 Å². The molecule has 1 aromatic rings. The molecule has 1 saturated heterocycles. The van der Waals surface area contributed by atoms with Crippen LogP contribution in [0.2, 0.25) is 0 Å². The van der Waals surface area contributed by atoms with Gasteiger partial charge in [-0.05, 0) is 32.2 Å². The molecule has 0 saturated carbocycles. The predicted molar refractivity (Wildman–Crippen MR) is 81.0 cm³/mol. The lowest BCUT2D eigenvalue weighted by Crippen LogP contribution is -2.29. The molecular weight excluding hydrogens is 258 g/mol. The van der Waals surface area contributed by atoms with E-state index in [-0.39, 0.29) is 0 Å². The lowest BCUT2D eigenvalue weighted by molar-refractivity contribution is 0.0685. The Labute approximate surface area is 120 Å². The Morgan fingerprint density at radius 3 is 2.95 bits per heavy atom. The third-order valence-corrected chi connectivity index (χ3v) is 4.94. The first-order valence-corrected chi connectivity index (χ1v) is 8.00. The van der Waals surface area contributed by atoms with E-state index in [4.69, 9.17) is 4.74 Å². The van der Waals surface area contributed by atoms with Crippen molar-refractivity contribution in [1.82, 2.24) is 10.3 Å². The number of anilines is 1. The van der Waals surface area contributed by atoms with Gasteiger partial charge in [-0.2, -0.15) is 0 Å². The van der Waals surface area contributed by atoms with Gasteiger partial charge in [0.05, 0.1) is 0 Å². The van der Waals surface area contributed by atoms with Crippen molar-refractivity contribution in [2.75, 3.05) is 38.3 Å². The smallest absolute Gasteiger partial charge is 0.185 e. The number of thiazole rings is 1. The summed E-state index contributed by atoms with van der Waals surface area (Å²) in [6, 6.07) is 0.396. The Bertz CT molecular complexity index is 377. The summed E-state index contributed by atoms with van der Waals surface area (Å²) in [6.07, 6.45) is 4.36. The summed E-state index contributed by atoms with van der Waals surface area (Å²) >= 11 is 1.80. The van der Waals surface area contributed by atoms with Crippen LogP contribution < -0.4 is 10.2 Å². The molecule has 19 heavy (non-hydrogen) atoms. The zero-order chi connectivity index (χ0) is 13.7. The maximum absolute atomic E-state index is 5.41. The molecule has 0 radical (unpaired) electrons. The van der Waals surface area contributed by atoms with Crippen LogP contribution in [0.25, 0.3) is 0 Å². The Kier molecular flexibility index (Phi) is 5.60. The van der Waals surface area contributed by atoms with Gasteiger partial charge in [0, 0.05) is 43.9 Å². The zero-order valence-electron chi connectivity index (χ0n) is 12.2. The van der Waals surface area contributed by atoms with E-state index in [1.807, 2.05) is 6.20 Å². The van der Waals surface area contributed by atoms with Gasteiger partial charge in [-0.1, -0.05) is 6.92 Å². The van der Waals surface area contributed by atoms with Crippen molar-refractivity contribution in [1.29, 1.82) is 0 Å². The van der Waals surface area contributed by atoms with Gasteiger partial charge in [0.25, 0.3) is 0 Å². The molecule has 0 amide bonds. The molecule has 5 heteroatoms. The summed E-state index contributed by atoms with van der Waals surface area (Å²) in [6.45, 7) is 8.24. The lowest BCUT2D eigenvalue weighted by Gasteiger charge is -2.26. The first kappa shape index (κ1) is 14.8. The highest BCUT2D eigenvalue weighted by Crippen LogP contribution is 2.27. The minimum absolute atomic E-state index is 0.396. The van der Waals surface area contributed by atoms with Crippen molar-refractivity contribution in [3.05, 3.63) is 11.1 Å². The molecule has 0 aliphatic carbocycles. The van der Waals surface area contributed by atoms with Crippen LogP contribution in [0.1, 0.15) is 37.6 Å². The fourth-order valence-corrected chi connectivity index (χ4v) is 3.37. The maximum atomic E-state index is 5.41. The van der Waals surface area contributed by atoms with Crippen LogP contribution in [0.3, 0.4) is 0 Å². The number of nitrogens with zero attached hydrogens (tertiary/aromatic N) is 2. The molecule has 2 rings (SSSR count). The normalized spacial score (nSPS) is 18.5. The zero-order valence-corrected chi connectivity index (χ0v) is 13.0. The summed E-state index contributed by atoms with van der Waals surface area (Å²) in [7, 11) is 2.15. The van der Waals surface area contributed by atoms with E-state index in [0.717, 1.165) is 37.4 Å². The van der Waals surface area contributed by atoms with E-state index in [1.165, 1.54) is 17.7 Å². The second-order valence-corrected chi connectivity index (χ2v) is 6.30. The Morgan fingerprint density at radius 1 is 1.53 bits per heavy atom. The van der Waals surface area contributed by atoms with Gasteiger partial charge in [-0.25, -0.2) is 4.98 Å². The molecule has 0 aromatic carbocycles. The number of hydrogen-bond acceptors (Lipinski definition) is 5. The second kappa shape index (κ2) is 7.22. The first-order chi connectivity index (χ1) is 9.20. The maximum Gasteiger partial charge on any atom is 0.185 e. The van der Waals surface area contributed by atoms with Gasteiger partial charge in [-0.15, -0.1) is 11.3 Å². The number of rotatable bonds is 6. The molecule has 0 bridgehead atoms. The predicted octanol–water partition coefficient (Wildman–Crippen LogP) is 2.68. The van der Waals surface area contributed by atoms with Crippen molar-refractivity contribution in [3.8, 4) is 0 Å². The van der Waals surface area contributed by atoms with Crippen molar-refractivity contribution < 1.29 is 4.74 Å². The monoisotopic (exact) mass is 283 g/mol. The van der Waals surface area contributed by atoms with Crippen molar-refractivity contribution in [2.24, 2.45) is 5.92 Å². The van der Waals surface area contributed by atoms with Crippen molar-refractivity contribution in [2.45, 2.75) is 32.7 Å².